The Kier molecular flexibility index (Phi) is 7.07. The first kappa shape index (κ1) is 25.0. The Morgan fingerprint density at radius 2 is 1.41 bits per heavy atom. The minimum absolute atomic E-state index is 0.148. The van der Waals surface area contributed by atoms with Crippen molar-refractivity contribution in [3.05, 3.63) is 33.3 Å². The lowest BCUT2D eigenvalue weighted by molar-refractivity contribution is -0.389. The van der Waals surface area contributed by atoms with E-state index in [0.29, 0.717) is 0 Å². The van der Waals surface area contributed by atoms with E-state index in [-0.39, 0.29) is 18.1 Å². The maximum Gasteiger partial charge on any atom is 0.457 e. The fourth-order valence-corrected chi connectivity index (χ4v) is 3.21. The summed E-state index contributed by atoms with van der Waals surface area (Å²) in [5.41, 5.74) is -9.44. The highest BCUT2D eigenvalue weighted by Gasteiger charge is 2.82. The molecule has 0 N–H and O–H groups in total. The lowest BCUT2D eigenvalue weighted by Gasteiger charge is -2.38. The second-order valence-corrected chi connectivity index (χ2v) is 8.68. The summed E-state index contributed by atoms with van der Waals surface area (Å²) in [5.74, 6) is -6.83. The molecule has 1 rings (SSSR count). The topological polar surface area (TPSA) is 0 Å². The van der Waals surface area contributed by atoms with Crippen molar-refractivity contribution in [1.29, 1.82) is 0 Å². The highest BCUT2D eigenvalue weighted by atomic mass is 79.9. The summed E-state index contributed by atoms with van der Waals surface area (Å²) in [4.78, 5) is 0. The molecule has 0 heterocycles. The van der Waals surface area contributed by atoms with E-state index in [4.69, 9.17) is 34.8 Å². The summed E-state index contributed by atoms with van der Waals surface area (Å²) in [6.45, 7) is 1.34. The van der Waals surface area contributed by atoms with Gasteiger partial charge in [-0.3, -0.25) is 0 Å². The minimum Gasteiger partial charge on any atom is -0.221 e. The van der Waals surface area contributed by atoms with E-state index >= 15 is 0 Å². The van der Waals surface area contributed by atoms with Crippen LogP contribution in [0.1, 0.15) is 23.6 Å². The van der Waals surface area contributed by atoms with E-state index in [1.165, 1.54) is 6.92 Å². The average molecular weight is 533 g/mol. The lowest BCUT2D eigenvalue weighted by Crippen LogP contribution is -2.60. The van der Waals surface area contributed by atoms with E-state index < -0.39 is 49.8 Å². The van der Waals surface area contributed by atoms with E-state index in [2.05, 4.69) is 22.0 Å². The highest BCUT2D eigenvalue weighted by Crippen LogP contribution is 2.59. The second-order valence-electron chi connectivity index (χ2n) is 5.37. The van der Waals surface area contributed by atoms with Gasteiger partial charge in [0.05, 0.1) is 0 Å². The van der Waals surface area contributed by atoms with Gasteiger partial charge in [0, 0.05) is 22.5 Å². The molecule has 1 radical (unpaired) electrons. The van der Waals surface area contributed by atoms with E-state index in [1.54, 1.807) is 0 Å². The van der Waals surface area contributed by atoms with Crippen molar-refractivity contribution in [2.24, 2.45) is 0 Å². The smallest absolute Gasteiger partial charge is 0.221 e. The number of rotatable bonds is 4. The van der Waals surface area contributed by atoms with Crippen LogP contribution in [-0.2, 0) is 18.5 Å². The molecule has 0 amide bonds. The monoisotopic (exact) mass is 531 g/mol. The van der Waals surface area contributed by atoms with Gasteiger partial charge in [-0.15, -0.1) is 0 Å². The van der Waals surface area contributed by atoms with Crippen LogP contribution >= 0.6 is 50.7 Å². The molecule has 1 atom stereocenters. The normalized spacial score (nSPS) is 16.4. The Hall–Kier alpha value is -0.0600. The summed E-state index contributed by atoms with van der Waals surface area (Å²) in [7, 11) is 0. The quantitative estimate of drug-likeness (QED) is 0.276. The number of halogens is 13. The molecule has 0 aliphatic rings. The first-order chi connectivity index (χ1) is 11.8. The molecular formula is C14H8BrCl3F9. The van der Waals surface area contributed by atoms with Crippen LogP contribution in [-0.4, -0.2) is 22.1 Å². The van der Waals surface area contributed by atoms with Crippen molar-refractivity contribution in [1.82, 2.24) is 0 Å². The maximum absolute atomic E-state index is 14.9. The molecule has 0 aliphatic heterocycles. The Labute approximate surface area is 171 Å². The van der Waals surface area contributed by atoms with Crippen LogP contribution in [0.5, 0.6) is 0 Å². The van der Waals surface area contributed by atoms with Crippen molar-refractivity contribution < 1.29 is 39.5 Å². The standard InChI is InChI=1S/C14H8BrCl3F9/c1-2-6-3-8(7(9(15)4-6)5-10(16,17)18)11(19,13(22,23)24)12(20,21)14(25,26)27/h3H,2,5H2,1H3. The van der Waals surface area contributed by atoms with Gasteiger partial charge < -0.3 is 0 Å². The van der Waals surface area contributed by atoms with Gasteiger partial charge in [0.15, 0.2) is 3.79 Å². The second kappa shape index (κ2) is 7.65. The molecule has 13 heteroatoms. The minimum atomic E-state index is -6.85. The van der Waals surface area contributed by atoms with Gasteiger partial charge in [0.25, 0.3) is 0 Å². The predicted molar refractivity (Wildman–Crippen MR) is 86.2 cm³/mol. The van der Waals surface area contributed by atoms with Crippen LogP contribution in [0.3, 0.4) is 0 Å². The molecule has 1 aromatic rings. The Balaban J connectivity index is 4.01. The Morgan fingerprint density at radius 1 is 0.926 bits per heavy atom. The van der Waals surface area contributed by atoms with Crippen LogP contribution < -0.4 is 0 Å². The third-order valence-electron chi connectivity index (χ3n) is 3.49. The number of aryl methyl sites for hydroxylation is 1. The predicted octanol–water partition coefficient (Wildman–Crippen LogP) is 7.65. The molecule has 0 bridgehead atoms. The zero-order valence-corrected chi connectivity index (χ0v) is 16.8. The molecule has 0 spiro atoms. The van der Waals surface area contributed by atoms with Gasteiger partial charge in [0.2, 0.25) is 0 Å². The van der Waals surface area contributed by atoms with Crippen molar-refractivity contribution >= 4 is 50.7 Å². The van der Waals surface area contributed by atoms with Crippen molar-refractivity contribution in [2.45, 2.75) is 47.5 Å². The lowest BCUT2D eigenvalue weighted by atomic mass is 9.82. The molecule has 1 unspecified atom stereocenters. The summed E-state index contributed by atoms with van der Waals surface area (Å²) >= 11 is 19.0. The van der Waals surface area contributed by atoms with Crippen LogP contribution in [0.25, 0.3) is 0 Å². The van der Waals surface area contributed by atoms with Crippen LogP contribution in [0.15, 0.2) is 10.5 Å². The van der Waals surface area contributed by atoms with Gasteiger partial charge in [0.1, 0.15) is 0 Å². The van der Waals surface area contributed by atoms with Crippen LogP contribution in [0.4, 0.5) is 39.5 Å². The Bertz CT molecular complexity index is 695. The van der Waals surface area contributed by atoms with Crippen LogP contribution in [0.2, 0.25) is 0 Å². The van der Waals surface area contributed by atoms with Crippen molar-refractivity contribution in [3.8, 4) is 0 Å². The van der Waals surface area contributed by atoms with Crippen molar-refractivity contribution in [3.63, 3.8) is 0 Å². The molecule has 1 aromatic carbocycles. The summed E-state index contributed by atoms with van der Waals surface area (Å²) in [5, 5.41) is 0. The average Bonchev–Trinajstić information content (AvgIpc) is 2.44. The van der Waals surface area contributed by atoms with Gasteiger partial charge in [-0.2, -0.15) is 35.1 Å². The molecule has 0 aliphatic carbocycles. The summed E-state index contributed by atoms with van der Waals surface area (Å²) in [6, 6.07) is 2.59. The van der Waals surface area contributed by atoms with Crippen molar-refractivity contribution in [2.75, 3.05) is 0 Å². The van der Waals surface area contributed by atoms with Gasteiger partial charge in [-0.25, -0.2) is 4.39 Å². The third-order valence-corrected chi connectivity index (χ3v) is 4.57. The fourth-order valence-electron chi connectivity index (χ4n) is 2.20. The number of alkyl halides is 12. The van der Waals surface area contributed by atoms with Gasteiger partial charge in [-0.1, -0.05) is 47.8 Å². The first-order valence-corrected chi connectivity index (χ1v) is 8.73. The molecule has 0 saturated carbocycles. The largest absolute Gasteiger partial charge is 0.457 e. The molecular weight excluding hydrogens is 525 g/mol. The number of hydrogen-bond donors (Lipinski definition) is 0. The third kappa shape index (κ3) is 4.75. The molecule has 0 aromatic heterocycles. The number of benzene rings is 1. The molecule has 27 heavy (non-hydrogen) atoms. The fraction of sp³-hybridized carbons (Fsp3) is 0.571. The number of hydrogen-bond acceptors (Lipinski definition) is 0. The Morgan fingerprint density at radius 3 is 1.74 bits per heavy atom. The molecule has 0 nitrogen and oxygen atoms in total. The molecule has 155 valence electrons. The van der Waals surface area contributed by atoms with E-state index in [1.807, 2.05) is 0 Å². The van der Waals surface area contributed by atoms with E-state index in [9.17, 15) is 39.5 Å². The summed E-state index contributed by atoms with van der Waals surface area (Å²) < 4.78 is 118. The molecule has 0 saturated heterocycles. The maximum atomic E-state index is 14.9. The van der Waals surface area contributed by atoms with Crippen LogP contribution in [0, 0.1) is 6.07 Å². The zero-order chi connectivity index (χ0) is 21.6. The molecule has 0 fully saturated rings. The van der Waals surface area contributed by atoms with Gasteiger partial charge in [-0.05, 0) is 33.5 Å². The van der Waals surface area contributed by atoms with Gasteiger partial charge >= 0.3 is 23.9 Å². The van der Waals surface area contributed by atoms with E-state index in [0.717, 1.165) is 0 Å². The highest BCUT2D eigenvalue weighted by molar-refractivity contribution is 9.10. The summed E-state index contributed by atoms with van der Waals surface area (Å²) in [6.07, 6.45) is -14.7. The SMILES string of the molecule is CCc1[c]c(Br)c(CC(Cl)(Cl)Cl)c(C(F)(C(F)(F)F)C(F)(F)C(F)(F)F)c1. The zero-order valence-electron chi connectivity index (χ0n) is 12.9. The first-order valence-electron chi connectivity index (χ1n) is 6.80.